The number of hydrogen-bond acceptors (Lipinski definition) is 3. The first-order valence-electron chi connectivity index (χ1n) is 4.50. The Morgan fingerprint density at radius 3 is 3.15 bits per heavy atom. The molecule has 74 valence electrons. The van der Waals surface area contributed by atoms with Gasteiger partial charge in [0.2, 0.25) is 0 Å². The zero-order chi connectivity index (χ0) is 9.68. The van der Waals surface area contributed by atoms with Gasteiger partial charge in [0, 0.05) is 0 Å². The van der Waals surface area contributed by atoms with Crippen molar-refractivity contribution in [1.82, 2.24) is 5.32 Å². The molecule has 0 radical (unpaired) electrons. The number of hydrogen-bond donors (Lipinski definition) is 2. The average molecular weight is 187 g/mol. The fourth-order valence-electron chi connectivity index (χ4n) is 1.29. The molecule has 1 fully saturated rings. The van der Waals surface area contributed by atoms with Crippen LogP contribution in [0, 0.1) is 0 Å². The van der Waals surface area contributed by atoms with Gasteiger partial charge in [-0.3, -0.25) is 9.59 Å². The summed E-state index contributed by atoms with van der Waals surface area (Å²) in [6, 6.07) is -0.298. The van der Waals surface area contributed by atoms with Crippen molar-refractivity contribution in [3.05, 3.63) is 0 Å². The van der Waals surface area contributed by atoms with Gasteiger partial charge in [0.25, 0.3) is 5.91 Å². The quantitative estimate of drug-likeness (QED) is 0.502. The molecule has 1 saturated heterocycles. The number of carbonyl (C=O) groups is 2. The molecule has 13 heavy (non-hydrogen) atoms. The molecule has 0 aromatic rings. The first kappa shape index (κ1) is 9.98. The van der Waals surface area contributed by atoms with E-state index in [0.29, 0.717) is 13.2 Å². The Balaban J connectivity index is 2.33. The molecule has 1 amide bonds. The number of esters is 1. The summed E-state index contributed by atoms with van der Waals surface area (Å²) >= 11 is 0. The Morgan fingerprint density at radius 1 is 1.77 bits per heavy atom. The van der Waals surface area contributed by atoms with Crippen LogP contribution in [0.3, 0.4) is 0 Å². The monoisotopic (exact) mass is 187 g/mol. The number of piperazine rings is 1. The van der Waals surface area contributed by atoms with E-state index in [-0.39, 0.29) is 24.3 Å². The summed E-state index contributed by atoms with van der Waals surface area (Å²) in [4.78, 5) is 22.2. The Bertz CT molecular complexity index is 206. The molecule has 0 aliphatic carbocycles. The normalized spacial score (nSPS) is 22.2. The summed E-state index contributed by atoms with van der Waals surface area (Å²) in [7, 11) is 0. The van der Waals surface area contributed by atoms with Gasteiger partial charge < -0.3 is 15.4 Å². The van der Waals surface area contributed by atoms with Crippen LogP contribution in [0.4, 0.5) is 0 Å². The molecule has 1 atom stereocenters. The van der Waals surface area contributed by atoms with Gasteiger partial charge in [0.05, 0.1) is 19.7 Å². The number of ether oxygens (including phenoxy) is 1. The van der Waals surface area contributed by atoms with Crippen LogP contribution >= 0.6 is 0 Å². The highest BCUT2D eigenvalue weighted by atomic mass is 16.5. The molecule has 5 heteroatoms. The van der Waals surface area contributed by atoms with Crippen molar-refractivity contribution in [1.29, 1.82) is 0 Å². The second-order valence-corrected chi connectivity index (χ2v) is 2.93. The summed E-state index contributed by atoms with van der Waals surface area (Å²) in [5, 5.41) is 4.57. The third kappa shape index (κ3) is 3.02. The van der Waals surface area contributed by atoms with Crippen molar-refractivity contribution in [3.8, 4) is 0 Å². The summed E-state index contributed by atoms with van der Waals surface area (Å²) in [5.74, 6) is -0.375. The largest absolute Gasteiger partial charge is 0.466 e. The second-order valence-electron chi connectivity index (χ2n) is 2.93. The highest BCUT2D eigenvalue weighted by Gasteiger charge is 2.28. The molecule has 0 spiro atoms. The molecule has 0 aromatic carbocycles. The van der Waals surface area contributed by atoms with Gasteiger partial charge in [-0.15, -0.1) is 0 Å². The Morgan fingerprint density at radius 2 is 2.54 bits per heavy atom. The van der Waals surface area contributed by atoms with E-state index < -0.39 is 0 Å². The van der Waals surface area contributed by atoms with Crippen LogP contribution in [-0.4, -0.2) is 37.6 Å². The van der Waals surface area contributed by atoms with Crippen LogP contribution in [0.15, 0.2) is 0 Å². The first-order chi connectivity index (χ1) is 6.24. The summed E-state index contributed by atoms with van der Waals surface area (Å²) < 4.78 is 4.75. The van der Waals surface area contributed by atoms with Gasteiger partial charge in [-0.25, -0.2) is 0 Å². The maximum absolute atomic E-state index is 11.2. The molecule has 0 saturated carbocycles. The van der Waals surface area contributed by atoms with Crippen LogP contribution in [0.1, 0.15) is 13.3 Å². The Labute approximate surface area is 76.8 Å². The summed E-state index contributed by atoms with van der Waals surface area (Å²) in [6.45, 7) is 3.63. The Kier molecular flexibility index (Phi) is 3.70. The highest BCUT2D eigenvalue weighted by Crippen LogP contribution is 1.92. The van der Waals surface area contributed by atoms with Crippen molar-refractivity contribution >= 4 is 11.9 Å². The highest BCUT2D eigenvalue weighted by molar-refractivity contribution is 5.85. The minimum absolute atomic E-state index is 0.0701. The SMILES string of the molecule is CCOC(=O)C[C@@H]1[NH2+]CCNC1=O. The molecule has 0 bridgehead atoms. The molecule has 1 rings (SSSR count). The van der Waals surface area contributed by atoms with Crippen LogP contribution in [-0.2, 0) is 14.3 Å². The van der Waals surface area contributed by atoms with Gasteiger partial charge in [0.1, 0.15) is 6.42 Å². The predicted octanol–water partition coefficient (Wildman–Crippen LogP) is -2.00. The fourth-order valence-corrected chi connectivity index (χ4v) is 1.29. The third-order valence-electron chi connectivity index (χ3n) is 1.92. The van der Waals surface area contributed by atoms with Crippen molar-refractivity contribution in [3.63, 3.8) is 0 Å². The topological polar surface area (TPSA) is 72.0 Å². The number of nitrogens with two attached hydrogens (primary N) is 1. The number of carbonyl (C=O) groups excluding carboxylic acids is 2. The van der Waals surface area contributed by atoms with Crippen molar-refractivity contribution < 1.29 is 19.6 Å². The zero-order valence-electron chi connectivity index (χ0n) is 7.71. The molecule has 1 heterocycles. The van der Waals surface area contributed by atoms with E-state index in [0.717, 1.165) is 6.54 Å². The van der Waals surface area contributed by atoms with Gasteiger partial charge in [-0.2, -0.15) is 0 Å². The molecule has 3 N–H and O–H groups in total. The molecule has 0 unspecified atom stereocenters. The van der Waals surface area contributed by atoms with Gasteiger partial charge in [0.15, 0.2) is 6.04 Å². The molecule has 5 nitrogen and oxygen atoms in total. The molecular weight excluding hydrogens is 172 g/mol. The minimum Gasteiger partial charge on any atom is -0.466 e. The zero-order valence-corrected chi connectivity index (χ0v) is 7.71. The third-order valence-corrected chi connectivity index (χ3v) is 1.92. The number of nitrogens with one attached hydrogen (secondary N) is 1. The van der Waals surface area contributed by atoms with E-state index in [9.17, 15) is 9.59 Å². The minimum atomic E-state index is -0.305. The van der Waals surface area contributed by atoms with Crippen LogP contribution in [0.5, 0.6) is 0 Å². The average Bonchev–Trinajstić information content (AvgIpc) is 2.09. The lowest BCUT2D eigenvalue weighted by Gasteiger charge is -2.19. The molecule has 0 aromatic heterocycles. The summed E-state index contributed by atoms with van der Waals surface area (Å²) in [6.07, 6.45) is 0.166. The smallest absolute Gasteiger partial charge is 0.312 e. The van der Waals surface area contributed by atoms with E-state index >= 15 is 0 Å². The van der Waals surface area contributed by atoms with E-state index in [2.05, 4.69) is 5.32 Å². The maximum atomic E-state index is 11.2. The van der Waals surface area contributed by atoms with E-state index in [1.165, 1.54) is 0 Å². The standard InChI is InChI=1S/C8H14N2O3/c1-2-13-7(11)5-6-8(12)10-4-3-9-6/h6,9H,2-5H2,1H3,(H,10,12)/p+1/t6-/m0/s1. The number of quaternary nitrogens is 1. The van der Waals surface area contributed by atoms with E-state index in [1.54, 1.807) is 6.92 Å². The van der Waals surface area contributed by atoms with Crippen LogP contribution in [0.25, 0.3) is 0 Å². The van der Waals surface area contributed by atoms with Crippen LogP contribution < -0.4 is 10.6 Å². The van der Waals surface area contributed by atoms with Gasteiger partial charge >= 0.3 is 5.97 Å². The number of rotatable bonds is 3. The number of amides is 1. The first-order valence-corrected chi connectivity index (χ1v) is 4.50. The molecule has 1 aliphatic rings. The van der Waals surface area contributed by atoms with Gasteiger partial charge in [-0.1, -0.05) is 0 Å². The van der Waals surface area contributed by atoms with Gasteiger partial charge in [-0.05, 0) is 6.92 Å². The lowest BCUT2D eigenvalue weighted by Crippen LogP contribution is -2.96. The molecule has 1 aliphatic heterocycles. The van der Waals surface area contributed by atoms with Crippen LogP contribution in [0.2, 0.25) is 0 Å². The maximum Gasteiger partial charge on any atom is 0.312 e. The second kappa shape index (κ2) is 4.81. The van der Waals surface area contributed by atoms with E-state index in [4.69, 9.17) is 4.74 Å². The lowest BCUT2D eigenvalue weighted by molar-refractivity contribution is -0.678. The fraction of sp³-hybridized carbons (Fsp3) is 0.750. The summed E-state index contributed by atoms with van der Waals surface area (Å²) in [5.41, 5.74) is 0. The molecular formula is C8H15N2O3+. The van der Waals surface area contributed by atoms with Crippen molar-refractivity contribution in [2.75, 3.05) is 19.7 Å². The van der Waals surface area contributed by atoms with Crippen molar-refractivity contribution in [2.45, 2.75) is 19.4 Å². The predicted molar refractivity (Wildman–Crippen MR) is 44.8 cm³/mol. The van der Waals surface area contributed by atoms with Crippen molar-refractivity contribution in [2.24, 2.45) is 0 Å². The van der Waals surface area contributed by atoms with E-state index in [1.807, 2.05) is 5.32 Å². The lowest BCUT2D eigenvalue weighted by atomic mass is 10.1. The Hall–Kier alpha value is -1.10.